The van der Waals surface area contributed by atoms with Gasteiger partial charge in [0.25, 0.3) is 5.91 Å². The lowest BCUT2D eigenvalue weighted by Crippen LogP contribution is -2.51. The van der Waals surface area contributed by atoms with Crippen LogP contribution in [-0.2, 0) is 24.2 Å². The molecular weight excluding hydrogens is 347 g/mol. The number of carbonyl (C=O) groups excluding carboxylic acids is 2. The lowest BCUT2D eigenvalue weighted by molar-refractivity contribution is -0.131. The Kier molecular flexibility index (Phi) is 4.92. The van der Waals surface area contributed by atoms with Crippen molar-refractivity contribution < 1.29 is 14.0 Å². The molecule has 0 bridgehead atoms. The van der Waals surface area contributed by atoms with E-state index < -0.39 is 0 Å². The van der Waals surface area contributed by atoms with Gasteiger partial charge in [-0.1, -0.05) is 12.1 Å². The van der Waals surface area contributed by atoms with E-state index in [2.05, 4.69) is 5.10 Å². The summed E-state index contributed by atoms with van der Waals surface area (Å²) in [6.07, 6.45) is 3.49. The molecule has 4 rings (SSSR count). The van der Waals surface area contributed by atoms with Crippen LogP contribution in [0.2, 0.25) is 0 Å². The molecule has 0 atom stereocenters. The number of benzene rings is 1. The second-order valence-electron chi connectivity index (χ2n) is 7.18. The Labute approximate surface area is 157 Å². The highest BCUT2D eigenvalue weighted by molar-refractivity contribution is 5.92. The van der Waals surface area contributed by atoms with Gasteiger partial charge in [0.2, 0.25) is 5.91 Å². The molecule has 1 saturated heterocycles. The zero-order chi connectivity index (χ0) is 18.8. The summed E-state index contributed by atoms with van der Waals surface area (Å²) in [7, 11) is 0. The van der Waals surface area contributed by atoms with E-state index in [1.54, 1.807) is 21.9 Å². The van der Waals surface area contributed by atoms with Crippen molar-refractivity contribution in [2.24, 2.45) is 0 Å². The minimum absolute atomic E-state index is 0.00571. The minimum Gasteiger partial charge on any atom is -0.339 e. The number of hydrogen-bond acceptors (Lipinski definition) is 3. The van der Waals surface area contributed by atoms with Gasteiger partial charge in [-0.2, -0.15) is 5.10 Å². The van der Waals surface area contributed by atoms with Crippen LogP contribution in [0.3, 0.4) is 0 Å². The van der Waals surface area contributed by atoms with Crippen LogP contribution in [0.15, 0.2) is 30.3 Å². The van der Waals surface area contributed by atoms with Gasteiger partial charge in [0.1, 0.15) is 5.82 Å². The first-order chi connectivity index (χ1) is 13.1. The highest BCUT2D eigenvalue weighted by atomic mass is 19.1. The molecule has 0 unspecified atom stereocenters. The van der Waals surface area contributed by atoms with Crippen LogP contribution >= 0.6 is 0 Å². The Bertz CT molecular complexity index is 815. The number of hydrogen-bond donors (Lipinski definition) is 0. The first kappa shape index (κ1) is 17.7. The van der Waals surface area contributed by atoms with E-state index in [1.807, 2.05) is 10.7 Å². The van der Waals surface area contributed by atoms with Gasteiger partial charge in [-0.25, -0.2) is 4.39 Å². The molecule has 2 aromatic rings. The summed E-state index contributed by atoms with van der Waals surface area (Å²) < 4.78 is 14.9. The van der Waals surface area contributed by atoms with Crippen molar-refractivity contribution in [1.82, 2.24) is 19.6 Å². The zero-order valence-electron chi connectivity index (χ0n) is 15.2. The molecule has 6 nitrogen and oxygen atoms in total. The summed E-state index contributed by atoms with van der Waals surface area (Å²) in [6.45, 7) is 2.93. The molecule has 2 aliphatic rings. The average molecular weight is 370 g/mol. The van der Waals surface area contributed by atoms with Crippen LogP contribution in [0.1, 0.15) is 34.6 Å². The standard InChI is InChI=1S/C20H23FN4O2/c21-16-6-4-15(5-7-16)13-19(26)23-9-11-24(12-10-23)20(27)18-14-17-3-1-2-8-25(17)22-18/h4-7,14H,1-3,8-13H2. The minimum atomic E-state index is -0.306. The topological polar surface area (TPSA) is 58.4 Å². The van der Waals surface area contributed by atoms with Gasteiger partial charge < -0.3 is 9.80 Å². The smallest absolute Gasteiger partial charge is 0.274 e. The fourth-order valence-electron chi connectivity index (χ4n) is 3.73. The van der Waals surface area contributed by atoms with Crippen molar-refractivity contribution in [2.75, 3.05) is 26.2 Å². The Hall–Kier alpha value is -2.70. The largest absolute Gasteiger partial charge is 0.339 e. The summed E-state index contributed by atoms with van der Waals surface area (Å²) in [4.78, 5) is 28.7. The monoisotopic (exact) mass is 370 g/mol. The second-order valence-corrected chi connectivity index (χ2v) is 7.18. The molecule has 0 aliphatic carbocycles. The quantitative estimate of drug-likeness (QED) is 0.829. The highest BCUT2D eigenvalue weighted by Crippen LogP contribution is 2.17. The Morgan fingerprint density at radius 2 is 1.67 bits per heavy atom. The summed E-state index contributed by atoms with van der Waals surface area (Å²) in [6, 6.07) is 7.90. The first-order valence-corrected chi connectivity index (χ1v) is 9.48. The second kappa shape index (κ2) is 7.50. The van der Waals surface area contributed by atoms with E-state index in [4.69, 9.17) is 0 Å². The molecule has 142 valence electrons. The molecule has 3 heterocycles. The van der Waals surface area contributed by atoms with E-state index >= 15 is 0 Å². The van der Waals surface area contributed by atoms with Gasteiger partial charge >= 0.3 is 0 Å². The third-order valence-electron chi connectivity index (χ3n) is 5.32. The van der Waals surface area contributed by atoms with Crippen LogP contribution in [0.5, 0.6) is 0 Å². The Morgan fingerprint density at radius 1 is 0.963 bits per heavy atom. The molecule has 2 aliphatic heterocycles. The van der Waals surface area contributed by atoms with Crippen molar-refractivity contribution in [3.63, 3.8) is 0 Å². The maximum atomic E-state index is 13.0. The lowest BCUT2D eigenvalue weighted by Gasteiger charge is -2.34. The fraction of sp³-hybridized carbons (Fsp3) is 0.450. The number of nitrogens with zero attached hydrogens (tertiary/aromatic N) is 4. The Morgan fingerprint density at radius 3 is 2.37 bits per heavy atom. The van der Waals surface area contributed by atoms with Gasteiger partial charge in [-0.05, 0) is 43.0 Å². The third-order valence-corrected chi connectivity index (χ3v) is 5.32. The maximum absolute atomic E-state index is 13.0. The van der Waals surface area contributed by atoms with E-state index in [-0.39, 0.29) is 24.1 Å². The molecule has 0 N–H and O–H groups in total. The van der Waals surface area contributed by atoms with Crippen molar-refractivity contribution in [1.29, 1.82) is 0 Å². The molecule has 1 aromatic carbocycles. The summed E-state index contributed by atoms with van der Waals surface area (Å²) in [5, 5.41) is 4.46. The average Bonchev–Trinajstić information content (AvgIpc) is 3.13. The van der Waals surface area contributed by atoms with E-state index in [0.29, 0.717) is 31.9 Å². The summed E-state index contributed by atoms with van der Waals surface area (Å²) in [5.41, 5.74) is 2.44. The molecule has 2 amide bonds. The number of fused-ring (bicyclic) bond motifs is 1. The number of amides is 2. The van der Waals surface area contributed by atoms with E-state index in [9.17, 15) is 14.0 Å². The zero-order valence-corrected chi connectivity index (χ0v) is 15.2. The number of piperazine rings is 1. The third kappa shape index (κ3) is 3.86. The van der Waals surface area contributed by atoms with Gasteiger partial charge in [0, 0.05) is 38.4 Å². The van der Waals surface area contributed by atoms with Crippen molar-refractivity contribution in [3.8, 4) is 0 Å². The number of aromatic nitrogens is 2. The summed E-state index contributed by atoms with van der Waals surface area (Å²) >= 11 is 0. The first-order valence-electron chi connectivity index (χ1n) is 9.48. The normalized spacial score (nSPS) is 16.9. The molecule has 1 aromatic heterocycles. The van der Waals surface area contributed by atoms with E-state index in [0.717, 1.165) is 37.1 Å². The lowest BCUT2D eigenvalue weighted by atomic mass is 10.1. The number of halogens is 1. The number of aryl methyl sites for hydroxylation is 2. The predicted octanol–water partition coefficient (Wildman–Crippen LogP) is 1.89. The van der Waals surface area contributed by atoms with E-state index in [1.165, 1.54) is 12.1 Å². The van der Waals surface area contributed by atoms with Crippen molar-refractivity contribution >= 4 is 11.8 Å². The van der Waals surface area contributed by atoms with Crippen LogP contribution in [0.25, 0.3) is 0 Å². The molecular formula is C20H23FN4O2. The maximum Gasteiger partial charge on any atom is 0.274 e. The highest BCUT2D eigenvalue weighted by Gasteiger charge is 2.27. The number of carbonyl (C=O) groups is 2. The SMILES string of the molecule is O=C(Cc1ccc(F)cc1)N1CCN(C(=O)c2cc3n(n2)CCCC3)CC1. The predicted molar refractivity (Wildman–Crippen MR) is 97.8 cm³/mol. The van der Waals surface area contributed by atoms with Crippen LogP contribution < -0.4 is 0 Å². The van der Waals surface area contributed by atoms with Crippen molar-refractivity contribution in [2.45, 2.75) is 32.2 Å². The van der Waals surface area contributed by atoms with Crippen molar-refractivity contribution in [3.05, 3.63) is 53.1 Å². The van der Waals surface area contributed by atoms with Crippen LogP contribution in [0, 0.1) is 5.82 Å². The van der Waals surface area contributed by atoms with Crippen LogP contribution in [-0.4, -0.2) is 57.6 Å². The van der Waals surface area contributed by atoms with Gasteiger partial charge in [-0.3, -0.25) is 14.3 Å². The number of rotatable bonds is 3. The van der Waals surface area contributed by atoms with Gasteiger partial charge in [0.05, 0.1) is 6.42 Å². The summed E-state index contributed by atoms with van der Waals surface area (Å²) in [5.74, 6) is -0.354. The molecule has 1 fully saturated rings. The van der Waals surface area contributed by atoms with Gasteiger partial charge in [0.15, 0.2) is 5.69 Å². The van der Waals surface area contributed by atoms with Crippen LogP contribution in [0.4, 0.5) is 4.39 Å². The molecule has 7 heteroatoms. The molecule has 27 heavy (non-hydrogen) atoms. The molecule has 0 saturated carbocycles. The Balaban J connectivity index is 1.33. The molecule has 0 spiro atoms. The van der Waals surface area contributed by atoms with Gasteiger partial charge in [-0.15, -0.1) is 0 Å². The molecule has 0 radical (unpaired) electrons. The fourth-order valence-corrected chi connectivity index (χ4v) is 3.73.